The fourth-order valence-electron chi connectivity index (χ4n) is 2.66. The molecule has 0 atom stereocenters. The van der Waals surface area contributed by atoms with E-state index in [1.165, 1.54) is 12.3 Å². The summed E-state index contributed by atoms with van der Waals surface area (Å²) in [6.07, 6.45) is 3.07. The van der Waals surface area contributed by atoms with Gasteiger partial charge in [-0.25, -0.2) is 0 Å². The van der Waals surface area contributed by atoms with Crippen LogP contribution in [0.3, 0.4) is 0 Å². The van der Waals surface area contributed by atoms with Crippen LogP contribution in [-0.4, -0.2) is 50.4 Å². The molecule has 12 heteroatoms. The van der Waals surface area contributed by atoms with Crippen LogP contribution in [-0.2, 0) is 6.54 Å². The molecule has 2 heterocycles. The highest BCUT2D eigenvalue weighted by molar-refractivity contribution is 14.0. The number of halogens is 3. The zero-order valence-corrected chi connectivity index (χ0v) is 18.9. The molecular formula is C19H22F2IN5O4. The Hall–Kier alpha value is -2.90. The van der Waals surface area contributed by atoms with E-state index in [2.05, 4.69) is 30.7 Å². The predicted molar refractivity (Wildman–Crippen MR) is 119 cm³/mol. The lowest BCUT2D eigenvalue weighted by atomic mass is 10.1. The second-order valence-corrected chi connectivity index (χ2v) is 6.04. The summed E-state index contributed by atoms with van der Waals surface area (Å²) in [5.41, 5.74) is 0.918. The van der Waals surface area contributed by atoms with E-state index in [9.17, 15) is 13.6 Å². The van der Waals surface area contributed by atoms with Gasteiger partial charge in [-0.05, 0) is 18.2 Å². The predicted octanol–water partition coefficient (Wildman–Crippen LogP) is 2.12. The maximum absolute atomic E-state index is 12.7. The molecule has 0 bridgehead atoms. The lowest BCUT2D eigenvalue weighted by molar-refractivity contribution is -0.0505. The topological polar surface area (TPSA) is 106 Å². The van der Waals surface area contributed by atoms with E-state index in [0.717, 1.165) is 0 Å². The maximum Gasteiger partial charge on any atom is 0.387 e. The molecule has 168 valence electrons. The van der Waals surface area contributed by atoms with E-state index in [1.54, 1.807) is 31.4 Å². The van der Waals surface area contributed by atoms with Gasteiger partial charge < -0.3 is 30.2 Å². The highest BCUT2D eigenvalue weighted by Crippen LogP contribution is 2.38. The molecule has 0 saturated heterocycles. The molecule has 0 saturated carbocycles. The van der Waals surface area contributed by atoms with Crippen LogP contribution in [0.1, 0.15) is 15.9 Å². The van der Waals surface area contributed by atoms with Crippen molar-refractivity contribution in [1.29, 1.82) is 0 Å². The van der Waals surface area contributed by atoms with Gasteiger partial charge in [-0.15, -0.1) is 24.0 Å². The SMILES string of the molecule is CN=C(NCCNC(=O)c1cccnc1)NCc1cc2c(cc1OC(F)F)OCO2.I. The Morgan fingerprint density at radius 2 is 1.97 bits per heavy atom. The molecule has 3 N–H and O–H groups in total. The van der Waals surface area contributed by atoms with Crippen LogP contribution in [0.4, 0.5) is 8.78 Å². The second kappa shape index (κ2) is 12.1. The van der Waals surface area contributed by atoms with Crippen LogP contribution >= 0.6 is 24.0 Å². The van der Waals surface area contributed by atoms with Crippen molar-refractivity contribution in [1.82, 2.24) is 20.9 Å². The van der Waals surface area contributed by atoms with E-state index in [1.807, 2.05) is 0 Å². The van der Waals surface area contributed by atoms with E-state index < -0.39 is 6.61 Å². The number of nitrogens with one attached hydrogen (secondary N) is 3. The zero-order chi connectivity index (χ0) is 21.3. The van der Waals surface area contributed by atoms with Gasteiger partial charge in [-0.2, -0.15) is 8.78 Å². The first-order chi connectivity index (χ1) is 14.6. The van der Waals surface area contributed by atoms with E-state index in [4.69, 9.17) is 9.47 Å². The van der Waals surface area contributed by atoms with Crippen molar-refractivity contribution >= 4 is 35.8 Å². The van der Waals surface area contributed by atoms with Crippen LogP contribution in [0.25, 0.3) is 0 Å². The molecule has 0 radical (unpaired) electrons. The van der Waals surface area contributed by atoms with Gasteiger partial charge in [0, 0.05) is 50.7 Å². The number of aliphatic imine (C=N–C) groups is 1. The number of benzene rings is 1. The fraction of sp³-hybridized carbons (Fsp3) is 0.316. The van der Waals surface area contributed by atoms with Gasteiger partial charge in [0.25, 0.3) is 5.91 Å². The molecule has 3 rings (SSSR count). The Morgan fingerprint density at radius 1 is 1.23 bits per heavy atom. The van der Waals surface area contributed by atoms with Gasteiger partial charge in [-0.3, -0.25) is 14.8 Å². The number of guanidine groups is 1. The Balaban J connectivity index is 0.00000341. The number of amides is 1. The summed E-state index contributed by atoms with van der Waals surface area (Å²) in [7, 11) is 1.57. The molecule has 0 aliphatic carbocycles. The average Bonchev–Trinajstić information content (AvgIpc) is 3.20. The van der Waals surface area contributed by atoms with Gasteiger partial charge in [0.1, 0.15) is 5.75 Å². The lowest BCUT2D eigenvalue weighted by Crippen LogP contribution is -2.41. The third-order valence-electron chi connectivity index (χ3n) is 4.07. The summed E-state index contributed by atoms with van der Waals surface area (Å²) >= 11 is 0. The monoisotopic (exact) mass is 549 g/mol. The Morgan fingerprint density at radius 3 is 2.65 bits per heavy atom. The summed E-state index contributed by atoms with van der Waals surface area (Å²) in [5, 5.41) is 8.78. The lowest BCUT2D eigenvalue weighted by Gasteiger charge is -2.15. The smallest absolute Gasteiger partial charge is 0.387 e. The fourth-order valence-corrected chi connectivity index (χ4v) is 2.66. The molecule has 1 aliphatic rings. The number of hydrogen-bond donors (Lipinski definition) is 3. The van der Waals surface area contributed by atoms with Gasteiger partial charge in [0.15, 0.2) is 17.5 Å². The Kier molecular flexibility index (Phi) is 9.49. The van der Waals surface area contributed by atoms with Crippen molar-refractivity contribution < 1.29 is 27.8 Å². The molecule has 1 aliphatic heterocycles. The van der Waals surface area contributed by atoms with Crippen LogP contribution < -0.4 is 30.2 Å². The van der Waals surface area contributed by atoms with Crippen molar-refractivity contribution in [2.45, 2.75) is 13.2 Å². The molecule has 0 spiro atoms. The first-order valence-electron chi connectivity index (χ1n) is 9.07. The number of nitrogens with zero attached hydrogens (tertiary/aromatic N) is 2. The standard InChI is InChI=1S/C19H21F2N5O4.HI/c1-22-19(25-6-5-24-17(27)12-3-2-4-23-9-12)26-10-13-7-15-16(29-11-28-15)8-14(13)30-18(20)21;/h2-4,7-9,18H,5-6,10-11H2,1H3,(H,24,27)(H2,22,25,26);1H. The van der Waals surface area contributed by atoms with Crippen molar-refractivity contribution in [2.75, 3.05) is 26.9 Å². The number of carbonyl (C=O) groups excluding carboxylic acids is 1. The summed E-state index contributed by atoms with van der Waals surface area (Å²) < 4.78 is 40.5. The summed E-state index contributed by atoms with van der Waals surface area (Å²) in [6.45, 7) is -2.05. The summed E-state index contributed by atoms with van der Waals surface area (Å²) in [6, 6.07) is 6.30. The molecule has 2 aromatic rings. The molecule has 1 aromatic heterocycles. The number of pyridine rings is 1. The van der Waals surface area contributed by atoms with Crippen LogP contribution in [0.15, 0.2) is 41.7 Å². The number of alkyl halides is 2. The number of rotatable bonds is 8. The molecule has 1 amide bonds. The van der Waals surface area contributed by atoms with Crippen molar-refractivity contribution in [3.05, 3.63) is 47.8 Å². The Bertz CT molecular complexity index is 902. The minimum absolute atomic E-state index is 0. The second-order valence-electron chi connectivity index (χ2n) is 6.04. The molecule has 0 fully saturated rings. The molecule has 31 heavy (non-hydrogen) atoms. The molecular weight excluding hydrogens is 527 g/mol. The van der Waals surface area contributed by atoms with Crippen molar-refractivity contribution in [3.63, 3.8) is 0 Å². The number of hydrogen-bond acceptors (Lipinski definition) is 6. The maximum atomic E-state index is 12.7. The average molecular weight is 549 g/mol. The summed E-state index contributed by atoms with van der Waals surface area (Å²) in [5.74, 6) is 0.977. The molecule has 0 unspecified atom stereocenters. The first kappa shape index (κ1) is 24.4. The van der Waals surface area contributed by atoms with E-state index in [0.29, 0.717) is 41.7 Å². The number of fused-ring (bicyclic) bond motifs is 1. The minimum atomic E-state index is -2.97. The Labute approximate surface area is 194 Å². The summed E-state index contributed by atoms with van der Waals surface area (Å²) in [4.78, 5) is 19.9. The highest BCUT2D eigenvalue weighted by Gasteiger charge is 2.20. The van der Waals surface area contributed by atoms with E-state index >= 15 is 0 Å². The quantitative estimate of drug-likeness (QED) is 0.201. The van der Waals surface area contributed by atoms with Crippen molar-refractivity contribution in [3.8, 4) is 17.2 Å². The van der Waals surface area contributed by atoms with Crippen LogP contribution in [0.5, 0.6) is 17.2 Å². The van der Waals surface area contributed by atoms with E-state index in [-0.39, 0.29) is 49.0 Å². The third kappa shape index (κ3) is 7.08. The van der Waals surface area contributed by atoms with Gasteiger partial charge >= 0.3 is 6.61 Å². The number of carbonyl (C=O) groups is 1. The normalized spacial score (nSPS) is 12.2. The van der Waals surface area contributed by atoms with Gasteiger partial charge in [-0.1, -0.05) is 0 Å². The molecule has 1 aromatic carbocycles. The van der Waals surface area contributed by atoms with Crippen LogP contribution in [0.2, 0.25) is 0 Å². The van der Waals surface area contributed by atoms with Gasteiger partial charge in [0.05, 0.1) is 5.56 Å². The third-order valence-corrected chi connectivity index (χ3v) is 4.07. The largest absolute Gasteiger partial charge is 0.454 e. The minimum Gasteiger partial charge on any atom is -0.454 e. The van der Waals surface area contributed by atoms with Crippen LogP contribution in [0, 0.1) is 0 Å². The highest BCUT2D eigenvalue weighted by atomic mass is 127. The van der Waals surface area contributed by atoms with Crippen molar-refractivity contribution in [2.24, 2.45) is 4.99 Å². The zero-order valence-electron chi connectivity index (χ0n) is 16.6. The van der Waals surface area contributed by atoms with Gasteiger partial charge in [0.2, 0.25) is 6.79 Å². The number of aromatic nitrogens is 1. The first-order valence-corrected chi connectivity index (χ1v) is 9.07. The number of ether oxygens (including phenoxy) is 3. The molecule has 9 nitrogen and oxygen atoms in total.